The van der Waals surface area contributed by atoms with Crippen LogP contribution in [0.15, 0.2) is 6.07 Å². The van der Waals surface area contributed by atoms with E-state index in [1.165, 1.54) is 22.3 Å². The number of hydrogen-bond donors (Lipinski definition) is 2. The minimum atomic E-state index is 0.159. The van der Waals surface area contributed by atoms with Crippen molar-refractivity contribution in [1.29, 1.82) is 0 Å². The molecule has 2 heteroatoms. The molecule has 0 unspecified atom stereocenters. The Morgan fingerprint density at radius 2 is 1.82 bits per heavy atom. The van der Waals surface area contributed by atoms with Gasteiger partial charge in [-0.3, -0.25) is 5.84 Å². The molecular weight excluding hydrogens is 208 g/mol. The highest BCUT2D eigenvalue weighted by atomic mass is 15.2. The predicted octanol–water partition coefficient (Wildman–Crippen LogP) is 3.84. The van der Waals surface area contributed by atoms with E-state index in [-0.39, 0.29) is 5.41 Å². The van der Waals surface area contributed by atoms with Crippen LogP contribution >= 0.6 is 0 Å². The highest BCUT2D eigenvalue weighted by molar-refractivity contribution is 5.61. The standard InChI is InChI=1S/C15H26N2/c1-7-8-12-13(17-16)9-10(2)11(3)14(12)15(4,5)6/h9,17H,7-8,16H2,1-6H3. The lowest BCUT2D eigenvalue weighted by Crippen LogP contribution is -2.20. The van der Waals surface area contributed by atoms with Crippen LogP contribution in [0.5, 0.6) is 0 Å². The molecule has 0 saturated heterocycles. The largest absolute Gasteiger partial charge is 0.324 e. The van der Waals surface area contributed by atoms with E-state index in [0.717, 1.165) is 18.5 Å². The molecule has 17 heavy (non-hydrogen) atoms. The zero-order chi connectivity index (χ0) is 13.2. The number of nitrogens with two attached hydrogens (primary N) is 1. The fourth-order valence-corrected chi connectivity index (χ4v) is 2.62. The molecule has 0 aliphatic carbocycles. The topological polar surface area (TPSA) is 38.0 Å². The first-order valence-corrected chi connectivity index (χ1v) is 6.43. The van der Waals surface area contributed by atoms with Crippen molar-refractivity contribution >= 4 is 5.69 Å². The van der Waals surface area contributed by atoms with Gasteiger partial charge in [-0.1, -0.05) is 34.1 Å². The van der Waals surface area contributed by atoms with Gasteiger partial charge in [-0.2, -0.15) is 0 Å². The van der Waals surface area contributed by atoms with Crippen LogP contribution in [-0.4, -0.2) is 0 Å². The molecule has 1 aromatic rings. The van der Waals surface area contributed by atoms with Crippen LogP contribution in [0.2, 0.25) is 0 Å². The number of nitrogen functional groups attached to an aromatic ring is 1. The number of nitrogens with one attached hydrogen (secondary N) is 1. The van der Waals surface area contributed by atoms with Gasteiger partial charge in [-0.25, -0.2) is 0 Å². The number of hydrazine groups is 1. The van der Waals surface area contributed by atoms with E-state index in [1.807, 2.05) is 0 Å². The van der Waals surface area contributed by atoms with Gasteiger partial charge < -0.3 is 5.43 Å². The molecule has 0 saturated carbocycles. The Labute approximate surface area is 106 Å². The van der Waals surface area contributed by atoms with Crippen molar-refractivity contribution in [3.8, 4) is 0 Å². The van der Waals surface area contributed by atoms with E-state index in [4.69, 9.17) is 5.84 Å². The fraction of sp³-hybridized carbons (Fsp3) is 0.600. The summed E-state index contributed by atoms with van der Waals surface area (Å²) in [6.07, 6.45) is 2.22. The monoisotopic (exact) mass is 234 g/mol. The smallest absolute Gasteiger partial charge is 0.0522 e. The van der Waals surface area contributed by atoms with Gasteiger partial charge in [0.1, 0.15) is 0 Å². The minimum absolute atomic E-state index is 0.159. The number of rotatable bonds is 3. The van der Waals surface area contributed by atoms with E-state index in [0.29, 0.717) is 0 Å². The van der Waals surface area contributed by atoms with Crippen molar-refractivity contribution in [2.24, 2.45) is 5.84 Å². The van der Waals surface area contributed by atoms with Crippen LogP contribution in [0.4, 0.5) is 5.69 Å². The number of hydrogen-bond acceptors (Lipinski definition) is 2. The quantitative estimate of drug-likeness (QED) is 0.616. The second kappa shape index (κ2) is 5.09. The molecule has 0 bridgehead atoms. The van der Waals surface area contributed by atoms with E-state index >= 15 is 0 Å². The Hall–Kier alpha value is -1.02. The Balaban J connectivity index is 3.56. The Morgan fingerprint density at radius 1 is 1.24 bits per heavy atom. The van der Waals surface area contributed by atoms with Crippen LogP contribution in [0.3, 0.4) is 0 Å². The van der Waals surface area contributed by atoms with E-state index in [1.54, 1.807) is 0 Å². The normalized spacial score (nSPS) is 11.7. The third kappa shape index (κ3) is 2.81. The molecule has 3 N–H and O–H groups in total. The van der Waals surface area contributed by atoms with Crippen LogP contribution in [0.1, 0.15) is 56.4 Å². The highest BCUT2D eigenvalue weighted by Gasteiger charge is 2.23. The van der Waals surface area contributed by atoms with Crippen LogP contribution in [0.25, 0.3) is 0 Å². The first-order chi connectivity index (χ1) is 7.82. The van der Waals surface area contributed by atoms with Crippen LogP contribution in [0, 0.1) is 13.8 Å². The van der Waals surface area contributed by atoms with Crippen LogP contribution in [-0.2, 0) is 11.8 Å². The number of benzene rings is 1. The average Bonchev–Trinajstić information content (AvgIpc) is 2.21. The molecule has 0 aliphatic heterocycles. The van der Waals surface area contributed by atoms with Crippen LogP contribution < -0.4 is 11.3 Å². The predicted molar refractivity (Wildman–Crippen MR) is 76.4 cm³/mol. The summed E-state index contributed by atoms with van der Waals surface area (Å²) in [5.41, 5.74) is 9.65. The zero-order valence-corrected chi connectivity index (χ0v) is 12.1. The van der Waals surface area contributed by atoms with Gasteiger partial charge in [-0.15, -0.1) is 0 Å². The maximum Gasteiger partial charge on any atom is 0.0522 e. The molecule has 0 radical (unpaired) electrons. The summed E-state index contributed by atoms with van der Waals surface area (Å²) in [5.74, 6) is 5.66. The maximum atomic E-state index is 5.66. The molecule has 2 nitrogen and oxygen atoms in total. The van der Waals surface area contributed by atoms with Crippen molar-refractivity contribution in [3.63, 3.8) is 0 Å². The van der Waals surface area contributed by atoms with Crippen molar-refractivity contribution < 1.29 is 0 Å². The summed E-state index contributed by atoms with van der Waals surface area (Å²) in [6.45, 7) is 13.4. The second-order valence-corrected chi connectivity index (χ2v) is 5.86. The first kappa shape index (κ1) is 14.0. The lowest BCUT2D eigenvalue weighted by Gasteiger charge is -2.28. The molecule has 0 spiro atoms. The van der Waals surface area contributed by atoms with E-state index < -0.39 is 0 Å². The molecule has 0 heterocycles. The number of anilines is 1. The van der Waals surface area contributed by atoms with Crippen molar-refractivity contribution in [2.75, 3.05) is 5.43 Å². The molecule has 0 amide bonds. The number of aryl methyl sites for hydroxylation is 1. The lowest BCUT2D eigenvalue weighted by atomic mass is 9.78. The SMILES string of the molecule is CCCc1c(NN)cc(C)c(C)c1C(C)(C)C. The second-order valence-electron chi connectivity index (χ2n) is 5.86. The molecule has 0 aliphatic rings. The molecule has 1 rings (SSSR count). The van der Waals surface area contributed by atoms with Crippen molar-refractivity contribution in [3.05, 3.63) is 28.3 Å². The summed E-state index contributed by atoms with van der Waals surface area (Å²) in [6, 6.07) is 2.16. The summed E-state index contributed by atoms with van der Waals surface area (Å²) in [7, 11) is 0. The molecule has 96 valence electrons. The highest BCUT2D eigenvalue weighted by Crippen LogP contribution is 2.35. The molecule has 0 fully saturated rings. The molecule has 0 aromatic heterocycles. The Bertz CT molecular complexity index is 400. The maximum absolute atomic E-state index is 5.66. The van der Waals surface area contributed by atoms with Gasteiger partial charge in [0.05, 0.1) is 5.69 Å². The van der Waals surface area contributed by atoms with E-state index in [9.17, 15) is 0 Å². The van der Waals surface area contributed by atoms with Gasteiger partial charge in [0.25, 0.3) is 0 Å². The summed E-state index contributed by atoms with van der Waals surface area (Å²) in [4.78, 5) is 0. The van der Waals surface area contributed by atoms with Gasteiger partial charge in [0, 0.05) is 0 Å². The first-order valence-electron chi connectivity index (χ1n) is 6.43. The van der Waals surface area contributed by atoms with Gasteiger partial charge in [0.2, 0.25) is 0 Å². The Morgan fingerprint density at radius 3 is 2.24 bits per heavy atom. The molecule has 1 aromatic carbocycles. The average molecular weight is 234 g/mol. The zero-order valence-electron chi connectivity index (χ0n) is 12.1. The van der Waals surface area contributed by atoms with Gasteiger partial charge in [-0.05, 0) is 54.0 Å². The summed E-state index contributed by atoms with van der Waals surface area (Å²) < 4.78 is 0. The van der Waals surface area contributed by atoms with Gasteiger partial charge >= 0.3 is 0 Å². The lowest BCUT2D eigenvalue weighted by molar-refractivity contribution is 0.576. The minimum Gasteiger partial charge on any atom is -0.324 e. The third-order valence-electron chi connectivity index (χ3n) is 3.36. The van der Waals surface area contributed by atoms with Crippen molar-refractivity contribution in [1.82, 2.24) is 0 Å². The third-order valence-corrected chi connectivity index (χ3v) is 3.36. The summed E-state index contributed by atoms with van der Waals surface area (Å²) in [5, 5.41) is 0. The van der Waals surface area contributed by atoms with E-state index in [2.05, 4.69) is 53.0 Å². The van der Waals surface area contributed by atoms with Crippen molar-refractivity contribution in [2.45, 2.75) is 59.8 Å². The van der Waals surface area contributed by atoms with Gasteiger partial charge in [0.15, 0.2) is 0 Å². The fourth-order valence-electron chi connectivity index (χ4n) is 2.62. The molecule has 0 atom stereocenters. The molecular formula is C15H26N2. The Kier molecular flexibility index (Phi) is 4.21. The summed E-state index contributed by atoms with van der Waals surface area (Å²) >= 11 is 0.